The molecule has 0 aromatic carbocycles. The highest BCUT2D eigenvalue weighted by Crippen LogP contribution is 2.43. The third kappa shape index (κ3) is 2.48. The van der Waals surface area contributed by atoms with Gasteiger partial charge in [0.2, 0.25) is 0 Å². The van der Waals surface area contributed by atoms with E-state index in [1.165, 1.54) is 11.3 Å². The molecule has 4 nitrogen and oxygen atoms in total. The van der Waals surface area contributed by atoms with Gasteiger partial charge in [-0.1, -0.05) is 13.0 Å². The van der Waals surface area contributed by atoms with Crippen LogP contribution in [0, 0.1) is 25.2 Å². The van der Waals surface area contributed by atoms with E-state index in [1.54, 1.807) is 18.7 Å². The van der Waals surface area contributed by atoms with Crippen LogP contribution in [-0.4, -0.2) is 22.7 Å². The van der Waals surface area contributed by atoms with Crippen molar-refractivity contribution in [1.82, 2.24) is 4.40 Å². The number of thioether (sulfide) groups is 1. The molecule has 0 amide bonds. The monoisotopic (exact) mass is 358 g/mol. The molecule has 0 saturated carbocycles. The van der Waals surface area contributed by atoms with Gasteiger partial charge in [0.15, 0.2) is 0 Å². The minimum Gasteiger partial charge on any atom is -0.462 e. The third-order valence-electron chi connectivity index (χ3n) is 3.83. The fraction of sp³-hybridized carbons (Fsp3) is 0.333. The molecule has 0 unspecified atom stereocenters. The lowest BCUT2D eigenvalue weighted by atomic mass is 10.1. The van der Waals surface area contributed by atoms with Crippen LogP contribution in [0.4, 0.5) is 0 Å². The first kappa shape index (κ1) is 16.9. The maximum atomic E-state index is 12.7. The van der Waals surface area contributed by atoms with Crippen LogP contribution in [0.25, 0.3) is 16.4 Å². The van der Waals surface area contributed by atoms with Gasteiger partial charge in [-0.05, 0) is 37.7 Å². The molecule has 0 bridgehead atoms. The second kappa shape index (κ2) is 6.50. The maximum absolute atomic E-state index is 12.7. The number of pyridine rings is 1. The summed E-state index contributed by atoms with van der Waals surface area (Å²) in [6.07, 6.45) is 2.03. The highest BCUT2D eigenvalue weighted by Gasteiger charge is 2.27. The number of ether oxygens (including phenoxy) is 1. The van der Waals surface area contributed by atoms with Gasteiger partial charge in [-0.25, -0.2) is 4.79 Å². The second-order valence-corrected chi connectivity index (χ2v) is 8.05. The summed E-state index contributed by atoms with van der Waals surface area (Å²) >= 11 is 3.15. The normalized spacial score (nSPS) is 11.1. The molecule has 3 heterocycles. The van der Waals surface area contributed by atoms with E-state index in [2.05, 4.69) is 23.5 Å². The number of carbonyl (C=O) groups is 1. The Hall–Kier alpha value is -1.97. The van der Waals surface area contributed by atoms with Crippen LogP contribution in [0.1, 0.15) is 40.2 Å². The maximum Gasteiger partial charge on any atom is 0.341 e. The van der Waals surface area contributed by atoms with Gasteiger partial charge in [-0.3, -0.25) is 0 Å². The Labute approximate surface area is 149 Å². The molecule has 0 saturated heterocycles. The van der Waals surface area contributed by atoms with Crippen LogP contribution in [0.15, 0.2) is 16.5 Å². The molecule has 0 spiro atoms. The molecular formula is C18H18N2O2S2. The predicted molar refractivity (Wildman–Crippen MR) is 99.3 cm³/mol. The Morgan fingerprint density at radius 3 is 2.75 bits per heavy atom. The van der Waals surface area contributed by atoms with E-state index >= 15 is 0 Å². The van der Waals surface area contributed by atoms with Gasteiger partial charge in [0.25, 0.3) is 0 Å². The van der Waals surface area contributed by atoms with Gasteiger partial charge in [0, 0.05) is 11.6 Å². The molecule has 124 valence electrons. The average Bonchev–Trinajstić information content (AvgIpc) is 3.04. The molecule has 3 aromatic rings. The van der Waals surface area contributed by atoms with Crippen molar-refractivity contribution >= 4 is 45.5 Å². The first-order valence-electron chi connectivity index (χ1n) is 7.81. The first-order valence-corrected chi connectivity index (χ1v) is 9.61. The summed E-state index contributed by atoms with van der Waals surface area (Å²) in [6, 6.07) is 4.32. The van der Waals surface area contributed by atoms with Crippen molar-refractivity contribution in [3.8, 4) is 6.07 Å². The van der Waals surface area contributed by atoms with Gasteiger partial charge in [-0.2, -0.15) is 5.26 Å². The molecule has 0 fully saturated rings. The highest BCUT2D eigenvalue weighted by molar-refractivity contribution is 8.01. The molecular weight excluding hydrogens is 340 g/mol. The quantitative estimate of drug-likeness (QED) is 0.490. The fourth-order valence-corrected chi connectivity index (χ4v) is 5.35. The van der Waals surface area contributed by atoms with E-state index < -0.39 is 0 Å². The number of nitrogens with zero attached hydrogens (tertiary/aromatic N) is 2. The first-order chi connectivity index (χ1) is 11.5. The van der Waals surface area contributed by atoms with Crippen molar-refractivity contribution in [2.24, 2.45) is 0 Å². The second-order valence-electron chi connectivity index (χ2n) is 5.50. The Morgan fingerprint density at radius 2 is 2.12 bits per heavy atom. The van der Waals surface area contributed by atoms with Crippen molar-refractivity contribution in [3.05, 3.63) is 33.8 Å². The zero-order valence-corrected chi connectivity index (χ0v) is 15.7. The summed E-state index contributed by atoms with van der Waals surface area (Å²) in [5, 5.41) is 10.3. The van der Waals surface area contributed by atoms with Crippen LogP contribution in [0.5, 0.6) is 0 Å². The molecule has 0 aliphatic rings. The van der Waals surface area contributed by atoms with Crippen molar-refractivity contribution < 1.29 is 9.53 Å². The molecule has 3 rings (SSSR count). The van der Waals surface area contributed by atoms with E-state index in [0.717, 1.165) is 37.5 Å². The minimum absolute atomic E-state index is 0.311. The van der Waals surface area contributed by atoms with Crippen LogP contribution in [0.2, 0.25) is 0 Å². The summed E-state index contributed by atoms with van der Waals surface area (Å²) in [5.74, 6) is 0.548. The van der Waals surface area contributed by atoms with E-state index in [-0.39, 0.29) is 5.97 Å². The number of aromatic nitrogens is 1. The van der Waals surface area contributed by atoms with Crippen molar-refractivity contribution in [3.63, 3.8) is 0 Å². The third-order valence-corrected chi connectivity index (χ3v) is 6.05. The van der Waals surface area contributed by atoms with Crippen LogP contribution >= 0.6 is 23.1 Å². The number of fused-ring (bicyclic) bond motifs is 3. The number of aryl methyl sites for hydroxylation is 2. The number of carbonyl (C=O) groups excluding carboxylic acids is 1. The minimum atomic E-state index is -0.362. The zero-order chi connectivity index (χ0) is 17.4. The van der Waals surface area contributed by atoms with Crippen molar-refractivity contribution in [2.45, 2.75) is 31.9 Å². The Kier molecular flexibility index (Phi) is 4.57. The van der Waals surface area contributed by atoms with Crippen molar-refractivity contribution in [2.75, 3.05) is 12.4 Å². The summed E-state index contributed by atoms with van der Waals surface area (Å²) in [7, 11) is 0. The predicted octanol–water partition coefficient (Wildman–Crippen LogP) is 4.93. The van der Waals surface area contributed by atoms with Gasteiger partial charge in [0.1, 0.15) is 10.9 Å². The Balaban J connectivity index is 2.54. The molecule has 0 N–H and O–H groups in total. The SMILES string of the molecule is CCOC(=O)c1c2c(C#N)sc(SCC)c2n2cc(C)cc(C)c12. The van der Waals surface area contributed by atoms with E-state index in [9.17, 15) is 10.1 Å². The molecule has 24 heavy (non-hydrogen) atoms. The largest absolute Gasteiger partial charge is 0.462 e. The van der Waals surface area contributed by atoms with Gasteiger partial charge < -0.3 is 9.14 Å². The average molecular weight is 358 g/mol. The molecule has 0 radical (unpaired) electrons. The number of nitriles is 1. The molecule has 3 aromatic heterocycles. The van der Waals surface area contributed by atoms with Crippen LogP contribution < -0.4 is 0 Å². The Morgan fingerprint density at radius 1 is 1.38 bits per heavy atom. The number of thiophene rings is 1. The smallest absolute Gasteiger partial charge is 0.341 e. The van der Waals surface area contributed by atoms with E-state index in [0.29, 0.717) is 17.0 Å². The molecule has 0 atom stereocenters. The van der Waals surface area contributed by atoms with Gasteiger partial charge in [-0.15, -0.1) is 23.1 Å². The standard InChI is InChI=1S/C18H18N2O2S2/c1-5-22-17(21)14-13-12(8-19)24-18(23-6-2)16(13)20-9-10(3)7-11(4)15(14)20/h7,9H,5-6H2,1-4H3. The van der Waals surface area contributed by atoms with Crippen LogP contribution in [0.3, 0.4) is 0 Å². The van der Waals surface area contributed by atoms with Crippen LogP contribution in [-0.2, 0) is 4.74 Å². The number of hydrogen-bond acceptors (Lipinski definition) is 5. The highest BCUT2D eigenvalue weighted by atomic mass is 32.2. The molecule has 0 aliphatic heterocycles. The summed E-state index contributed by atoms with van der Waals surface area (Å²) in [4.78, 5) is 13.2. The number of hydrogen-bond donors (Lipinski definition) is 0. The lowest BCUT2D eigenvalue weighted by molar-refractivity contribution is 0.0531. The Bertz CT molecular complexity index is 992. The number of esters is 1. The van der Waals surface area contributed by atoms with Gasteiger partial charge >= 0.3 is 5.97 Å². The lowest BCUT2D eigenvalue weighted by Crippen LogP contribution is -2.05. The van der Waals surface area contributed by atoms with Gasteiger partial charge in [0.05, 0.1) is 27.4 Å². The molecule has 6 heteroatoms. The molecule has 0 aliphatic carbocycles. The topological polar surface area (TPSA) is 54.5 Å². The van der Waals surface area contributed by atoms with Crippen molar-refractivity contribution in [1.29, 1.82) is 5.26 Å². The summed E-state index contributed by atoms with van der Waals surface area (Å²) in [5.41, 5.74) is 4.43. The fourth-order valence-electron chi connectivity index (χ4n) is 3.08. The lowest BCUT2D eigenvalue weighted by Gasteiger charge is -2.07. The van der Waals surface area contributed by atoms with E-state index in [4.69, 9.17) is 4.74 Å². The zero-order valence-electron chi connectivity index (χ0n) is 14.1. The summed E-state index contributed by atoms with van der Waals surface area (Å²) in [6.45, 7) is 8.21. The van der Waals surface area contributed by atoms with E-state index in [1.807, 2.05) is 20.0 Å². The summed E-state index contributed by atoms with van der Waals surface area (Å²) < 4.78 is 8.42. The number of rotatable bonds is 4.